The van der Waals surface area contributed by atoms with E-state index < -0.39 is 0 Å². The van der Waals surface area contributed by atoms with E-state index in [0.29, 0.717) is 31.7 Å². The van der Waals surface area contributed by atoms with Crippen LogP contribution in [0.25, 0.3) is 0 Å². The summed E-state index contributed by atoms with van der Waals surface area (Å²) in [7, 11) is 0. The Morgan fingerprint density at radius 2 is 1.88 bits per heavy atom. The molecule has 10 heteroatoms. The van der Waals surface area contributed by atoms with Crippen molar-refractivity contribution in [3.05, 3.63) is 64.4 Å². The number of halogens is 1. The molecule has 2 N–H and O–H groups in total. The molecule has 2 aliphatic rings. The van der Waals surface area contributed by atoms with Crippen LogP contribution < -0.4 is 15.5 Å². The molecule has 34 heavy (non-hydrogen) atoms. The molecule has 0 bridgehead atoms. The van der Waals surface area contributed by atoms with Gasteiger partial charge >= 0.3 is 0 Å². The van der Waals surface area contributed by atoms with Crippen LogP contribution in [0.4, 0.5) is 23.3 Å². The van der Waals surface area contributed by atoms with E-state index in [2.05, 4.69) is 69.5 Å². The molecule has 9 nitrogen and oxygen atoms in total. The van der Waals surface area contributed by atoms with Gasteiger partial charge in [0.15, 0.2) is 0 Å². The van der Waals surface area contributed by atoms with Gasteiger partial charge in [-0.3, -0.25) is 9.69 Å². The Balaban J connectivity index is 1.22. The molecule has 2 aliphatic heterocycles. The highest BCUT2D eigenvalue weighted by molar-refractivity contribution is 9.10. The number of benzene rings is 2. The lowest BCUT2D eigenvalue weighted by atomic mass is 10.0. The molecule has 0 saturated carbocycles. The van der Waals surface area contributed by atoms with Crippen LogP contribution in [-0.4, -0.2) is 65.2 Å². The maximum absolute atomic E-state index is 12.4. The zero-order valence-corrected chi connectivity index (χ0v) is 20.3. The second-order valence-corrected chi connectivity index (χ2v) is 9.25. The number of carbonyl (C=O) groups is 1. The van der Waals surface area contributed by atoms with Crippen LogP contribution >= 0.6 is 15.9 Å². The monoisotopic (exact) mass is 523 g/mol. The fourth-order valence-corrected chi connectivity index (χ4v) is 4.57. The minimum atomic E-state index is -0.0427. The number of aromatic nitrogens is 3. The summed E-state index contributed by atoms with van der Waals surface area (Å²) < 4.78 is 6.44. The molecule has 0 radical (unpaired) electrons. The smallest absolute Gasteiger partial charge is 0.238 e. The zero-order chi connectivity index (χ0) is 23.3. The number of fused-ring (bicyclic) bond motifs is 1. The first kappa shape index (κ1) is 22.7. The van der Waals surface area contributed by atoms with Gasteiger partial charge in [-0.2, -0.15) is 4.98 Å². The molecule has 0 atom stereocenters. The van der Waals surface area contributed by atoms with Gasteiger partial charge in [0.05, 0.1) is 19.8 Å². The summed E-state index contributed by atoms with van der Waals surface area (Å²) in [4.78, 5) is 30.0. The molecule has 0 spiro atoms. The van der Waals surface area contributed by atoms with Crippen molar-refractivity contribution in [2.45, 2.75) is 13.0 Å². The highest BCUT2D eigenvalue weighted by Crippen LogP contribution is 2.25. The predicted molar refractivity (Wildman–Crippen MR) is 134 cm³/mol. The molecular weight excluding hydrogens is 498 g/mol. The van der Waals surface area contributed by atoms with Gasteiger partial charge in [0.1, 0.15) is 6.33 Å². The van der Waals surface area contributed by atoms with Crippen molar-refractivity contribution in [2.24, 2.45) is 0 Å². The topological polar surface area (TPSA) is 95.5 Å². The molecule has 176 valence electrons. The number of carbonyl (C=O) groups excluding carboxylic acids is 1. The number of nitrogens with one attached hydrogen (secondary N) is 2. The normalized spacial score (nSPS) is 16.1. The van der Waals surface area contributed by atoms with E-state index in [-0.39, 0.29) is 5.91 Å². The summed E-state index contributed by atoms with van der Waals surface area (Å²) in [6.07, 6.45) is 2.46. The molecule has 1 fully saturated rings. The number of anilines is 4. The van der Waals surface area contributed by atoms with E-state index in [1.54, 1.807) is 0 Å². The van der Waals surface area contributed by atoms with Crippen molar-refractivity contribution in [3.63, 3.8) is 0 Å². The number of hydrogen-bond acceptors (Lipinski definition) is 8. The molecular formula is C24H26BrN7O2. The highest BCUT2D eigenvalue weighted by Gasteiger charge is 2.19. The van der Waals surface area contributed by atoms with Gasteiger partial charge in [0.25, 0.3) is 0 Å². The second-order valence-electron chi connectivity index (χ2n) is 8.34. The van der Waals surface area contributed by atoms with Crippen molar-refractivity contribution in [1.82, 2.24) is 19.9 Å². The maximum Gasteiger partial charge on any atom is 0.238 e. The van der Waals surface area contributed by atoms with Crippen molar-refractivity contribution < 1.29 is 9.53 Å². The largest absolute Gasteiger partial charge is 0.379 e. The molecule has 0 unspecified atom stereocenters. The third-order valence-electron chi connectivity index (χ3n) is 5.90. The van der Waals surface area contributed by atoms with Gasteiger partial charge in [-0.15, -0.1) is 0 Å². The van der Waals surface area contributed by atoms with Gasteiger partial charge in [-0.25, -0.2) is 9.97 Å². The SMILES string of the molecule is O=C(CN1CCOCC1)Nc1cccc(Nc2ncnc(N3CCc4cc(Br)ccc4C3)n2)c1. The Kier molecular flexibility index (Phi) is 6.98. The van der Waals surface area contributed by atoms with E-state index in [1.807, 2.05) is 24.3 Å². The Morgan fingerprint density at radius 3 is 2.76 bits per heavy atom. The standard InChI is InChI=1S/C24H26BrN7O2/c25-19-5-4-18-14-32(7-6-17(18)12-19)24-27-16-26-23(30-24)29-21-3-1-2-20(13-21)28-22(33)15-31-8-10-34-11-9-31/h1-5,12-13,16H,6-11,14-15H2,(H,28,33)(H,26,27,29,30). The van der Waals surface area contributed by atoms with E-state index >= 15 is 0 Å². The molecule has 3 aromatic rings. The molecule has 5 rings (SSSR count). The van der Waals surface area contributed by atoms with E-state index in [9.17, 15) is 4.79 Å². The third kappa shape index (κ3) is 5.69. The Bertz CT molecular complexity index is 1170. The van der Waals surface area contributed by atoms with Gasteiger partial charge in [-0.05, 0) is 47.9 Å². The van der Waals surface area contributed by atoms with Gasteiger partial charge in [-0.1, -0.05) is 28.1 Å². The molecule has 3 heterocycles. The van der Waals surface area contributed by atoms with Crippen LogP contribution in [0.15, 0.2) is 53.3 Å². The summed E-state index contributed by atoms with van der Waals surface area (Å²) in [5.74, 6) is 1.06. The quantitative estimate of drug-likeness (QED) is 0.508. The number of hydrogen-bond donors (Lipinski definition) is 2. The average molecular weight is 524 g/mol. The number of morpholine rings is 1. The number of amides is 1. The van der Waals surface area contributed by atoms with E-state index in [0.717, 1.165) is 48.4 Å². The number of ether oxygens (including phenoxy) is 1. The average Bonchev–Trinajstić information content (AvgIpc) is 2.84. The molecule has 1 aromatic heterocycles. The highest BCUT2D eigenvalue weighted by atomic mass is 79.9. The van der Waals surface area contributed by atoms with Crippen molar-refractivity contribution in [3.8, 4) is 0 Å². The van der Waals surface area contributed by atoms with Crippen LogP contribution in [-0.2, 0) is 22.5 Å². The molecule has 2 aromatic carbocycles. The third-order valence-corrected chi connectivity index (χ3v) is 6.39. The van der Waals surface area contributed by atoms with Crippen LogP contribution in [0, 0.1) is 0 Å². The Labute approximate surface area is 206 Å². The van der Waals surface area contributed by atoms with Crippen LogP contribution in [0.2, 0.25) is 0 Å². The Hall–Kier alpha value is -3.08. The number of rotatable bonds is 6. The fourth-order valence-electron chi connectivity index (χ4n) is 4.16. The first-order chi connectivity index (χ1) is 16.6. The van der Waals surface area contributed by atoms with Crippen molar-refractivity contribution >= 4 is 45.1 Å². The van der Waals surface area contributed by atoms with E-state index in [1.165, 1.54) is 17.5 Å². The predicted octanol–water partition coefficient (Wildman–Crippen LogP) is 3.21. The summed E-state index contributed by atoms with van der Waals surface area (Å²) in [5.41, 5.74) is 4.14. The van der Waals surface area contributed by atoms with Gasteiger partial charge < -0.3 is 20.3 Å². The fraction of sp³-hybridized carbons (Fsp3) is 0.333. The summed E-state index contributed by atoms with van der Waals surface area (Å²) in [5, 5.41) is 6.20. The molecule has 0 aliphatic carbocycles. The molecule has 1 amide bonds. The van der Waals surface area contributed by atoms with Crippen LogP contribution in [0.1, 0.15) is 11.1 Å². The van der Waals surface area contributed by atoms with Crippen LogP contribution in [0.3, 0.4) is 0 Å². The minimum Gasteiger partial charge on any atom is -0.379 e. The summed E-state index contributed by atoms with van der Waals surface area (Å²) >= 11 is 3.55. The second kappa shape index (κ2) is 10.5. The van der Waals surface area contributed by atoms with Crippen molar-refractivity contribution in [1.29, 1.82) is 0 Å². The minimum absolute atomic E-state index is 0.0427. The maximum atomic E-state index is 12.4. The first-order valence-electron chi connectivity index (χ1n) is 11.3. The van der Waals surface area contributed by atoms with Crippen LogP contribution in [0.5, 0.6) is 0 Å². The zero-order valence-electron chi connectivity index (χ0n) is 18.7. The first-order valence-corrected chi connectivity index (χ1v) is 12.1. The summed E-state index contributed by atoms with van der Waals surface area (Å²) in [6.45, 7) is 4.85. The summed E-state index contributed by atoms with van der Waals surface area (Å²) in [6, 6.07) is 13.9. The number of nitrogens with zero attached hydrogens (tertiary/aromatic N) is 5. The van der Waals surface area contributed by atoms with Gasteiger partial charge in [0, 0.05) is 42.0 Å². The lowest BCUT2D eigenvalue weighted by Crippen LogP contribution is -2.41. The Morgan fingerprint density at radius 1 is 1.03 bits per heavy atom. The van der Waals surface area contributed by atoms with Gasteiger partial charge in [0.2, 0.25) is 17.8 Å². The lowest BCUT2D eigenvalue weighted by molar-refractivity contribution is -0.118. The van der Waals surface area contributed by atoms with E-state index in [4.69, 9.17) is 4.74 Å². The van der Waals surface area contributed by atoms with Crippen molar-refractivity contribution in [2.75, 3.05) is 54.9 Å². The molecule has 1 saturated heterocycles. The lowest BCUT2D eigenvalue weighted by Gasteiger charge is -2.29.